The summed E-state index contributed by atoms with van der Waals surface area (Å²) in [5.41, 5.74) is 0.689. The highest BCUT2D eigenvalue weighted by molar-refractivity contribution is 7.91. The van der Waals surface area contributed by atoms with E-state index in [4.69, 9.17) is 23.6 Å². The number of aromatic nitrogens is 1. The molecule has 0 spiro atoms. The number of hydrogen-bond acceptors (Lipinski definition) is 11. The molecule has 62 heavy (non-hydrogen) atoms. The van der Waals surface area contributed by atoms with Crippen LogP contribution in [0.15, 0.2) is 46.9 Å². The Hall–Kier alpha value is -5.45. The van der Waals surface area contributed by atoms with Crippen molar-refractivity contribution in [2.45, 2.75) is 132 Å². The number of fused-ring (bicyclic) bond motifs is 6. The van der Waals surface area contributed by atoms with E-state index < -0.39 is 74.5 Å². The van der Waals surface area contributed by atoms with E-state index in [0.717, 1.165) is 44.1 Å². The topological polar surface area (TPSA) is 195 Å². The summed E-state index contributed by atoms with van der Waals surface area (Å²) in [4.78, 5) is 62.9. The number of carbonyl (C=O) groups excluding carboxylic acids is 4. The third-order valence-corrected chi connectivity index (χ3v) is 14.8. The lowest BCUT2D eigenvalue weighted by Gasteiger charge is -2.30. The zero-order valence-corrected chi connectivity index (χ0v) is 35.7. The first-order chi connectivity index (χ1) is 29.8. The Labute approximate surface area is 358 Å². The second-order valence-electron chi connectivity index (χ2n) is 17.4. The van der Waals surface area contributed by atoms with Crippen molar-refractivity contribution in [2.24, 2.45) is 5.92 Å². The molecular weight excluding hydrogens is 822 g/mol. The number of pyridine rings is 1. The molecule has 3 N–H and O–H groups in total. The molecule has 3 aliphatic carbocycles. The fourth-order valence-corrected chi connectivity index (χ4v) is 10.7. The Morgan fingerprint density at radius 1 is 1.00 bits per heavy atom. The Kier molecular flexibility index (Phi) is 11.3. The van der Waals surface area contributed by atoms with Gasteiger partial charge in [0.15, 0.2) is 11.3 Å². The molecule has 5 aliphatic rings. The van der Waals surface area contributed by atoms with Gasteiger partial charge >= 0.3 is 6.09 Å². The lowest BCUT2D eigenvalue weighted by molar-refractivity contribution is -0.141. The van der Waals surface area contributed by atoms with Gasteiger partial charge in [-0.1, -0.05) is 25.0 Å². The van der Waals surface area contributed by atoms with Crippen LogP contribution in [0.1, 0.15) is 96.0 Å². The lowest BCUT2D eigenvalue weighted by Crippen LogP contribution is -2.58. The van der Waals surface area contributed by atoms with Gasteiger partial charge in [-0.3, -0.25) is 19.1 Å². The van der Waals surface area contributed by atoms with Gasteiger partial charge < -0.3 is 34.2 Å². The van der Waals surface area contributed by atoms with E-state index in [2.05, 4.69) is 15.4 Å². The van der Waals surface area contributed by atoms with Crippen molar-refractivity contribution in [3.05, 3.63) is 53.9 Å². The number of carbonyl (C=O) groups is 4. The maximum absolute atomic E-state index is 14.8. The number of hydrogen-bond donors (Lipinski definition) is 3. The van der Waals surface area contributed by atoms with Crippen molar-refractivity contribution >= 4 is 66.8 Å². The lowest BCUT2D eigenvalue weighted by atomic mass is 10.0. The van der Waals surface area contributed by atoms with Crippen LogP contribution in [0.3, 0.4) is 0 Å². The largest absolute Gasteiger partial charge is 0.493 e. The van der Waals surface area contributed by atoms with Crippen LogP contribution in [0, 0.1) is 18.7 Å². The minimum absolute atomic E-state index is 0.0460. The summed E-state index contributed by atoms with van der Waals surface area (Å²) in [5, 5.41) is 6.15. The molecular formula is C45H52FN5O10S. The van der Waals surface area contributed by atoms with Crippen molar-refractivity contribution in [2.75, 3.05) is 13.2 Å². The van der Waals surface area contributed by atoms with E-state index in [1.54, 1.807) is 6.07 Å². The molecule has 9 rings (SSSR count). The van der Waals surface area contributed by atoms with Crippen LogP contribution < -0.4 is 24.8 Å². The quantitative estimate of drug-likeness (QED) is 0.158. The highest BCUT2D eigenvalue weighted by Gasteiger charge is 2.62. The summed E-state index contributed by atoms with van der Waals surface area (Å²) in [6, 6.07) is 5.53. The number of nitrogens with zero attached hydrogens (tertiary/aromatic N) is 2. The second kappa shape index (κ2) is 16.7. The summed E-state index contributed by atoms with van der Waals surface area (Å²) in [6.45, 7) is 4.08. The van der Waals surface area contributed by atoms with E-state index in [0.29, 0.717) is 65.4 Å². The number of amides is 4. The van der Waals surface area contributed by atoms with Crippen LogP contribution in [0.2, 0.25) is 0 Å². The monoisotopic (exact) mass is 873 g/mol. The number of aryl methyl sites for hydroxylation is 1. The summed E-state index contributed by atoms with van der Waals surface area (Å²) < 4.78 is 67.8. The zero-order chi connectivity index (χ0) is 43.3. The number of benzene rings is 2. The molecule has 4 amide bonds. The average Bonchev–Trinajstić information content (AvgIpc) is 4.05. The zero-order valence-electron chi connectivity index (χ0n) is 34.9. The predicted molar refractivity (Wildman–Crippen MR) is 226 cm³/mol. The first-order valence-corrected chi connectivity index (χ1v) is 23.5. The van der Waals surface area contributed by atoms with Gasteiger partial charge in [-0.15, -0.1) is 0 Å². The maximum atomic E-state index is 14.8. The second-order valence-corrected chi connectivity index (χ2v) is 19.3. The minimum atomic E-state index is -3.94. The molecule has 17 heteroatoms. The Bertz CT molecular complexity index is 2590. The van der Waals surface area contributed by atoms with Crippen LogP contribution in [0.25, 0.3) is 33.0 Å². The van der Waals surface area contributed by atoms with Crippen LogP contribution in [0.4, 0.5) is 9.18 Å². The van der Waals surface area contributed by atoms with Gasteiger partial charge in [-0.05, 0) is 102 Å². The number of alkyl carbamates (subject to hydrolysis) is 1. The summed E-state index contributed by atoms with van der Waals surface area (Å²) in [7, 11) is -3.94. The molecule has 1 saturated heterocycles. The number of allylic oxidation sites excluding steroid dienone is 1. The van der Waals surface area contributed by atoms with Crippen LogP contribution >= 0.6 is 0 Å². The van der Waals surface area contributed by atoms with Gasteiger partial charge in [0.1, 0.15) is 52.5 Å². The molecule has 3 saturated carbocycles. The normalized spacial score (nSPS) is 26.6. The molecule has 4 fully saturated rings. The predicted octanol–water partition coefficient (Wildman–Crippen LogP) is 6.37. The number of rotatable bonds is 9. The summed E-state index contributed by atoms with van der Waals surface area (Å²) in [6.07, 6.45) is 9.48. The molecule has 0 radical (unpaired) electrons. The molecule has 15 nitrogen and oxygen atoms in total. The molecule has 4 heterocycles. The number of furan rings is 1. The highest BCUT2D eigenvalue weighted by Crippen LogP contribution is 2.47. The van der Waals surface area contributed by atoms with Gasteiger partial charge in [0.2, 0.25) is 21.8 Å². The number of sulfonamides is 1. The number of halogens is 1. The van der Waals surface area contributed by atoms with E-state index in [1.807, 2.05) is 38.1 Å². The van der Waals surface area contributed by atoms with Gasteiger partial charge in [-0.25, -0.2) is 22.6 Å². The van der Waals surface area contributed by atoms with Crippen LogP contribution in [0.5, 0.6) is 11.5 Å². The fourth-order valence-electron chi connectivity index (χ4n) is 9.34. The van der Waals surface area contributed by atoms with Crippen LogP contribution in [-0.2, 0) is 29.1 Å². The molecule has 2 aromatic heterocycles. The maximum Gasteiger partial charge on any atom is 0.408 e. The molecule has 0 bridgehead atoms. The fraction of sp³-hybridized carbons (Fsp3) is 0.533. The molecule has 2 aromatic carbocycles. The minimum Gasteiger partial charge on any atom is -0.493 e. The Morgan fingerprint density at radius 2 is 1.77 bits per heavy atom. The Balaban J connectivity index is 1.08. The smallest absolute Gasteiger partial charge is 0.408 e. The molecule has 2 aliphatic heterocycles. The molecule has 0 unspecified atom stereocenters. The van der Waals surface area contributed by atoms with Crippen LogP contribution in [-0.4, -0.2) is 90.3 Å². The third-order valence-electron chi connectivity index (χ3n) is 13.0. The summed E-state index contributed by atoms with van der Waals surface area (Å²) >= 11 is 0. The summed E-state index contributed by atoms with van der Waals surface area (Å²) in [5.74, 6) is -2.13. The van der Waals surface area contributed by atoms with Crippen molar-refractivity contribution < 1.29 is 50.6 Å². The molecule has 4 aromatic rings. The van der Waals surface area contributed by atoms with Crippen molar-refractivity contribution in [3.63, 3.8) is 0 Å². The van der Waals surface area contributed by atoms with E-state index >= 15 is 0 Å². The SMILES string of the molecule is CCOc1ccc2c(oc3c(O[C@H]4C[C@H]5C(=O)N[C@]6(C(=O)NS(=O)(=O)C7CC7)C[C@H]6/C=C\CCCCC[C@@H](NC(=O)OC6CCCC6)C(=O)N5C4)c4ccc(F)cc4nc32)c1C. The van der Waals surface area contributed by atoms with Gasteiger partial charge in [0.25, 0.3) is 5.91 Å². The number of nitrogens with one attached hydrogen (secondary N) is 3. The first-order valence-electron chi connectivity index (χ1n) is 21.9. The molecule has 330 valence electrons. The average molecular weight is 874 g/mol. The highest BCUT2D eigenvalue weighted by atomic mass is 32.2. The van der Waals surface area contributed by atoms with Crippen molar-refractivity contribution in [1.82, 2.24) is 25.2 Å². The van der Waals surface area contributed by atoms with Gasteiger partial charge in [-0.2, -0.15) is 0 Å². The van der Waals surface area contributed by atoms with E-state index in [-0.39, 0.29) is 43.2 Å². The van der Waals surface area contributed by atoms with Crippen molar-refractivity contribution in [1.29, 1.82) is 0 Å². The standard InChI is InChI=1S/C45H52FN5O10S/c1-3-58-36-20-19-32-37-40(61-38(32)25(36)2)39(31-18-15-27(46)21-34(31)47-37)59-29-22-35-41(52)49-45(43(54)50-62(56,57)30-16-17-30)23-26(45)11-7-5-4-6-8-14-33(42(53)51(35)24-29)48-44(55)60-28-12-9-10-13-28/h7,11,15,18-21,26,28-30,33,35H,3-6,8-10,12-14,16-17,22-24H2,1-2H3,(H,48,55)(H,49,52)(H,50,54)/b11-7-/t26-,29+,33-,35+,45-/m1/s1. The van der Waals surface area contributed by atoms with E-state index in [9.17, 15) is 32.0 Å². The van der Waals surface area contributed by atoms with Gasteiger partial charge in [0.05, 0.1) is 23.9 Å². The first kappa shape index (κ1) is 41.9. The van der Waals surface area contributed by atoms with Crippen molar-refractivity contribution in [3.8, 4) is 11.5 Å². The number of ether oxygens (including phenoxy) is 3. The van der Waals surface area contributed by atoms with E-state index in [1.165, 1.54) is 17.0 Å². The molecule has 5 atom stereocenters. The third kappa shape index (κ3) is 8.15. The Morgan fingerprint density at radius 3 is 2.55 bits per heavy atom. The van der Waals surface area contributed by atoms with Gasteiger partial charge in [0, 0.05) is 34.7 Å².